The molecule has 3 N–H and O–H groups in total. The van der Waals surface area contributed by atoms with E-state index in [1.165, 1.54) is 0 Å². The average molecular weight is 290 g/mol. The van der Waals surface area contributed by atoms with E-state index in [1.54, 1.807) is 0 Å². The van der Waals surface area contributed by atoms with Crippen molar-refractivity contribution in [2.75, 3.05) is 18.1 Å². The molecule has 0 aromatic carbocycles. The lowest BCUT2D eigenvalue weighted by atomic mass is 9.94. The predicted molar refractivity (Wildman–Crippen MR) is 76.4 cm³/mol. The first-order valence-corrected chi connectivity index (χ1v) is 8.84. The normalized spacial score (nSPS) is 24.1. The van der Waals surface area contributed by atoms with Crippen molar-refractivity contribution in [2.24, 2.45) is 17.6 Å². The van der Waals surface area contributed by atoms with Crippen LogP contribution in [0.3, 0.4) is 0 Å². The summed E-state index contributed by atoms with van der Waals surface area (Å²) >= 11 is 0. The van der Waals surface area contributed by atoms with Gasteiger partial charge in [0.05, 0.1) is 11.5 Å². The van der Waals surface area contributed by atoms with Crippen molar-refractivity contribution in [3.05, 3.63) is 0 Å². The van der Waals surface area contributed by atoms with Crippen molar-refractivity contribution in [1.82, 2.24) is 5.32 Å². The number of carbonyl (C=O) groups is 1. The van der Waals surface area contributed by atoms with Crippen LogP contribution in [0.25, 0.3) is 0 Å². The summed E-state index contributed by atoms with van der Waals surface area (Å²) in [5.41, 5.74) is 5.67. The van der Waals surface area contributed by atoms with Crippen molar-refractivity contribution in [1.29, 1.82) is 0 Å². The fourth-order valence-corrected chi connectivity index (χ4v) is 4.25. The van der Waals surface area contributed by atoms with Gasteiger partial charge >= 0.3 is 0 Å². The van der Waals surface area contributed by atoms with Crippen LogP contribution in [-0.4, -0.2) is 38.4 Å². The Balaban J connectivity index is 2.41. The van der Waals surface area contributed by atoms with Crippen LogP contribution in [0.4, 0.5) is 0 Å². The van der Waals surface area contributed by atoms with Gasteiger partial charge in [-0.15, -0.1) is 0 Å². The van der Waals surface area contributed by atoms with Gasteiger partial charge in [0.1, 0.15) is 0 Å². The molecule has 1 fully saturated rings. The molecule has 0 radical (unpaired) electrons. The standard InChI is InChI=1S/C13H26N2O3S/c1-10(2)6-11(8-14)7-13(16)15-12-4-3-5-19(17,18)9-12/h10-12H,3-9,14H2,1-2H3,(H,15,16). The Morgan fingerprint density at radius 2 is 2.11 bits per heavy atom. The molecule has 0 aliphatic carbocycles. The van der Waals surface area contributed by atoms with Gasteiger partial charge in [-0.3, -0.25) is 4.79 Å². The van der Waals surface area contributed by atoms with Crippen LogP contribution in [0, 0.1) is 11.8 Å². The number of amides is 1. The Labute approximate surface area is 116 Å². The average Bonchev–Trinajstić information content (AvgIpc) is 2.25. The van der Waals surface area contributed by atoms with Crippen molar-refractivity contribution >= 4 is 15.7 Å². The number of hydrogen-bond donors (Lipinski definition) is 2. The first-order valence-electron chi connectivity index (χ1n) is 7.02. The van der Waals surface area contributed by atoms with Crippen LogP contribution in [0.15, 0.2) is 0 Å². The van der Waals surface area contributed by atoms with E-state index in [2.05, 4.69) is 19.2 Å². The minimum atomic E-state index is -2.97. The van der Waals surface area contributed by atoms with Crippen LogP contribution in [0.2, 0.25) is 0 Å². The highest BCUT2D eigenvalue weighted by molar-refractivity contribution is 7.91. The molecule has 0 aromatic heterocycles. The summed E-state index contributed by atoms with van der Waals surface area (Å²) in [7, 11) is -2.97. The number of nitrogens with one attached hydrogen (secondary N) is 1. The van der Waals surface area contributed by atoms with Gasteiger partial charge in [0, 0.05) is 12.5 Å². The van der Waals surface area contributed by atoms with Crippen molar-refractivity contribution < 1.29 is 13.2 Å². The number of hydrogen-bond acceptors (Lipinski definition) is 4. The molecule has 1 saturated heterocycles. The minimum absolute atomic E-state index is 0.0711. The van der Waals surface area contributed by atoms with Gasteiger partial charge in [0.25, 0.3) is 0 Å². The predicted octanol–water partition coefficient (Wildman–Crippen LogP) is 0.691. The first-order chi connectivity index (χ1) is 8.82. The summed E-state index contributed by atoms with van der Waals surface area (Å²) in [6, 6.07) is -0.219. The maximum atomic E-state index is 11.9. The molecule has 0 bridgehead atoms. The van der Waals surface area contributed by atoms with Gasteiger partial charge in [0.2, 0.25) is 5.91 Å². The number of carbonyl (C=O) groups excluding carboxylic acids is 1. The van der Waals surface area contributed by atoms with Crippen LogP contribution < -0.4 is 11.1 Å². The molecule has 1 rings (SSSR count). The molecule has 2 unspecified atom stereocenters. The molecule has 0 saturated carbocycles. The highest BCUT2D eigenvalue weighted by Crippen LogP contribution is 2.16. The Morgan fingerprint density at radius 1 is 1.42 bits per heavy atom. The highest BCUT2D eigenvalue weighted by Gasteiger charge is 2.26. The van der Waals surface area contributed by atoms with E-state index in [0.717, 1.165) is 12.8 Å². The molecule has 1 amide bonds. The molecule has 1 heterocycles. The second-order valence-corrected chi connectivity index (χ2v) is 8.19. The van der Waals surface area contributed by atoms with Gasteiger partial charge in [-0.2, -0.15) is 0 Å². The van der Waals surface area contributed by atoms with Gasteiger partial charge in [-0.25, -0.2) is 8.42 Å². The van der Waals surface area contributed by atoms with Crippen molar-refractivity contribution in [2.45, 2.75) is 45.6 Å². The van der Waals surface area contributed by atoms with E-state index in [9.17, 15) is 13.2 Å². The third-order valence-corrected chi connectivity index (χ3v) is 5.26. The summed E-state index contributed by atoms with van der Waals surface area (Å²) in [4.78, 5) is 11.9. The molecule has 19 heavy (non-hydrogen) atoms. The fraction of sp³-hybridized carbons (Fsp3) is 0.923. The molecular formula is C13H26N2O3S. The van der Waals surface area contributed by atoms with Crippen LogP contribution >= 0.6 is 0 Å². The summed E-state index contributed by atoms with van der Waals surface area (Å²) in [5, 5.41) is 2.84. The molecule has 0 spiro atoms. The Hall–Kier alpha value is -0.620. The van der Waals surface area contributed by atoms with E-state index < -0.39 is 9.84 Å². The number of rotatable bonds is 6. The fourth-order valence-electron chi connectivity index (χ4n) is 2.62. The van der Waals surface area contributed by atoms with Crippen LogP contribution in [0.5, 0.6) is 0 Å². The number of sulfone groups is 1. The van der Waals surface area contributed by atoms with Gasteiger partial charge in [-0.05, 0) is 37.6 Å². The minimum Gasteiger partial charge on any atom is -0.352 e. The zero-order chi connectivity index (χ0) is 14.5. The van der Waals surface area contributed by atoms with E-state index in [1.807, 2.05) is 0 Å². The zero-order valence-corrected chi connectivity index (χ0v) is 12.7. The van der Waals surface area contributed by atoms with E-state index in [4.69, 9.17) is 5.73 Å². The Kier molecular flexibility index (Phi) is 6.26. The largest absolute Gasteiger partial charge is 0.352 e. The summed E-state index contributed by atoms with van der Waals surface area (Å²) < 4.78 is 23.0. The molecule has 5 nitrogen and oxygen atoms in total. The maximum Gasteiger partial charge on any atom is 0.220 e. The van der Waals surface area contributed by atoms with Gasteiger partial charge in [0.15, 0.2) is 9.84 Å². The van der Waals surface area contributed by atoms with Gasteiger partial charge in [-0.1, -0.05) is 13.8 Å². The van der Waals surface area contributed by atoms with Crippen LogP contribution in [-0.2, 0) is 14.6 Å². The summed E-state index contributed by atoms with van der Waals surface area (Å²) in [6.07, 6.45) is 2.71. The molecule has 1 aliphatic rings. The highest BCUT2D eigenvalue weighted by atomic mass is 32.2. The quantitative estimate of drug-likeness (QED) is 0.753. The molecular weight excluding hydrogens is 264 g/mol. The monoisotopic (exact) mass is 290 g/mol. The van der Waals surface area contributed by atoms with Crippen molar-refractivity contribution in [3.8, 4) is 0 Å². The van der Waals surface area contributed by atoms with E-state index in [-0.39, 0.29) is 29.4 Å². The van der Waals surface area contributed by atoms with Crippen molar-refractivity contribution in [3.63, 3.8) is 0 Å². The lowest BCUT2D eigenvalue weighted by Crippen LogP contribution is -2.44. The Morgan fingerprint density at radius 3 is 2.63 bits per heavy atom. The lowest BCUT2D eigenvalue weighted by molar-refractivity contribution is -0.122. The third-order valence-electron chi connectivity index (χ3n) is 3.44. The zero-order valence-electron chi connectivity index (χ0n) is 11.9. The van der Waals surface area contributed by atoms with Gasteiger partial charge < -0.3 is 11.1 Å². The summed E-state index contributed by atoms with van der Waals surface area (Å²) in [6.45, 7) is 4.71. The smallest absolute Gasteiger partial charge is 0.220 e. The summed E-state index contributed by atoms with van der Waals surface area (Å²) in [5.74, 6) is 0.948. The van der Waals surface area contributed by atoms with E-state index in [0.29, 0.717) is 25.3 Å². The lowest BCUT2D eigenvalue weighted by Gasteiger charge is -2.24. The molecule has 112 valence electrons. The third kappa shape index (κ3) is 6.38. The second kappa shape index (κ2) is 7.24. The first kappa shape index (κ1) is 16.4. The maximum absolute atomic E-state index is 11.9. The van der Waals surface area contributed by atoms with Crippen LogP contribution in [0.1, 0.15) is 39.5 Å². The molecule has 1 aliphatic heterocycles. The molecule has 0 aromatic rings. The second-order valence-electron chi connectivity index (χ2n) is 5.96. The molecule has 2 atom stereocenters. The topological polar surface area (TPSA) is 89.3 Å². The Bertz CT molecular complexity index is 393. The SMILES string of the molecule is CC(C)CC(CN)CC(=O)NC1CCCS(=O)(=O)C1. The number of nitrogens with two attached hydrogens (primary N) is 1. The van der Waals surface area contributed by atoms with E-state index >= 15 is 0 Å². The molecule has 6 heteroatoms.